The fourth-order valence-corrected chi connectivity index (χ4v) is 3.86. The first-order valence-electron chi connectivity index (χ1n) is 10.1. The van der Waals surface area contributed by atoms with Crippen molar-refractivity contribution >= 4 is 34.5 Å². The van der Waals surface area contributed by atoms with Gasteiger partial charge in [0.15, 0.2) is 18.5 Å². The molecule has 1 N–H and O–H groups in total. The van der Waals surface area contributed by atoms with Crippen LogP contribution in [0.15, 0.2) is 76.4 Å². The molecule has 1 aromatic heterocycles. The highest BCUT2D eigenvalue weighted by molar-refractivity contribution is 14.1. The maximum absolute atomic E-state index is 15.5. The van der Waals surface area contributed by atoms with Crippen molar-refractivity contribution in [1.82, 2.24) is 9.55 Å². The van der Waals surface area contributed by atoms with Crippen LogP contribution in [-0.2, 0) is 14.2 Å². The molecule has 0 aliphatic carbocycles. The van der Waals surface area contributed by atoms with E-state index in [2.05, 4.69) is 4.98 Å². The third-order valence-corrected chi connectivity index (χ3v) is 5.87. The van der Waals surface area contributed by atoms with E-state index in [4.69, 9.17) is 14.2 Å². The average Bonchev–Trinajstić information content (AvgIpc) is 3.15. The molecule has 0 spiro atoms. The predicted molar refractivity (Wildman–Crippen MR) is 125 cm³/mol. The van der Waals surface area contributed by atoms with Gasteiger partial charge in [0.1, 0.15) is 12.7 Å². The number of aromatic nitrogens is 2. The number of nitrogens with zero attached hydrogens (tertiary/aromatic N) is 1. The lowest BCUT2D eigenvalue weighted by molar-refractivity contribution is -0.0592. The monoisotopic (exact) mass is 580 g/mol. The van der Waals surface area contributed by atoms with Crippen LogP contribution < -0.4 is 11.2 Å². The van der Waals surface area contributed by atoms with Crippen LogP contribution in [0.25, 0.3) is 0 Å². The molecule has 0 bridgehead atoms. The fourth-order valence-electron chi connectivity index (χ4n) is 3.42. The molecule has 11 heteroatoms. The number of hydrogen-bond acceptors (Lipinski definition) is 7. The molecule has 9 nitrogen and oxygen atoms in total. The maximum Gasteiger partial charge on any atom is 0.338 e. The molecule has 176 valence electrons. The molecule has 0 unspecified atom stereocenters. The number of hydrogen-bond donors (Lipinski definition) is 1. The van der Waals surface area contributed by atoms with Gasteiger partial charge in [-0.15, -0.1) is 0 Å². The van der Waals surface area contributed by atoms with Crippen molar-refractivity contribution in [2.24, 2.45) is 0 Å². The minimum absolute atomic E-state index is 0.129. The molecule has 0 saturated carbocycles. The first-order chi connectivity index (χ1) is 16.3. The smallest absolute Gasteiger partial charge is 0.338 e. The van der Waals surface area contributed by atoms with Gasteiger partial charge >= 0.3 is 17.6 Å². The molecule has 2 aromatic carbocycles. The Morgan fingerprint density at radius 3 is 2.21 bits per heavy atom. The summed E-state index contributed by atoms with van der Waals surface area (Å²) in [7, 11) is 0. The standard InChI is InChI=1S/C23H18FIN2O7/c24-17-18(34-22(30)14-9-5-2-6-10-14)16(12-32-21(29)13-7-3-1-4-8-13)33-20(17)27-11-15(25)19(28)26-23(27)31/h1-11,16-18,20H,12H2,(H,26,28,31)/t16-,17+,18-,20+/m1/s1. The third-order valence-electron chi connectivity index (χ3n) is 5.11. The Bertz CT molecular complexity index is 1300. The fraction of sp³-hybridized carbons (Fsp3) is 0.217. The van der Waals surface area contributed by atoms with E-state index in [0.717, 1.165) is 10.8 Å². The maximum atomic E-state index is 15.5. The van der Waals surface area contributed by atoms with Gasteiger partial charge in [-0.2, -0.15) is 0 Å². The summed E-state index contributed by atoms with van der Waals surface area (Å²) in [5.41, 5.74) is -1.06. The Hall–Kier alpha value is -3.32. The number of carbonyl (C=O) groups is 2. The van der Waals surface area contributed by atoms with Crippen molar-refractivity contribution in [3.8, 4) is 0 Å². The second kappa shape index (κ2) is 10.3. The summed E-state index contributed by atoms with van der Waals surface area (Å²) in [6, 6.07) is 16.1. The van der Waals surface area contributed by atoms with Crippen LogP contribution >= 0.6 is 22.6 Å². The largest absolute Gasteiger partial charge is 0.459 e. The number of esters is 2. The molecule has 4 rings (SSSR count). The van der Waals surface area contributed by atoms with Gasteiger partial charge in [-0.3, -0.25) is 14.3 Å². The van der Waals surface area contributed by atoms with E-state index < -0.39 is 54.4 Å². The molecule has 2 heterocycles. The molecule has 1 aliphatic heterocycles. The number of nitrogens with one attached hydrogen (secondary N) is 1. The van der Waals surface area contributed by atoms with Crippen molar-refractivity contribution < 1.29 is 28.2 Å². The molecule has 1 saturated heterocycles. The lowest BCUT2D eigenvalue weighted by Crippen LogP contribution is -2.39. The quantitative estimate of drug-likeness (QED) is 0.352. The van der Waals surface area contributed by atoms with Gasteiger partial charge in [0.25, 0.3) is 5.56 Å². The summed E-state index contributed by atoms with van der Waals surface area (Å²) in [5, 5.41) is 0. The zero-order chi connectivity index (χ0) is 24.2. The van der Waals surface area contributed by atoms with Crippen LogP contribution in [0.3, 0.4) is 0 Å². The molecule has 0 amide bonds. The summed E-state index contributed by atoms with van der Waals surface area (Å²) in [6.07, 6.45) is -5.07. The van der Waals surface area contributed by atoms with E-state index in [1.165, 1.54) is 12.1 Å². The Morgan fingerprint density at radius 2 is 1.59 bits per heavy atom. The topological polar surface area (TPSA) is 117 Å². The Labute approximate surface area is 205 Å². The van der Waals surface area contributed by atoms with Gasteiger partial charge < -0.3 is 14.2 Å². The van der Waals surface area contributed by atoms with Crippen molar-refractivity contribution in [1.29, 1.82) is 0 Å². The van der Waals surface area contributed by atoms with Crippen molar-refractivity contribution in [2.45, 2.75) is 24.6 Å². The second-order valence-corrected chi connectivity index (χ2v) is 8.52. The Morgan fingerprint density at radius 1 is 1.00 bits per heavy atom. The highest BCUT2D eigenvalue weighted by Gasteiger charge is 2.49. The number of H-pyrrole nitrogens is 1. The lowest BCUT2D eigenvalue weighted by Gasteiger charge is -2.19. The molecule has 3 aromatic rings. The molecular weight excluding hydrogens is 562 g/mol. The zero-order valence-corrected chi connectivity index (χ0v) is 19.6. The number of carbonyl (C=O) groups excluding carboxylic acids is 2. The summed E-state index contributed by atoms with van der Waals surface area (Å²) < 4.78 is 32.9. The third kappa shape index (κ3) is 5.09. The highest BCUT2D eigenvalue weighted by atomic mass is 127. The van der Waals surface area contributed by atoms with Crippen molar-refractivity contribution in [3.05, 3.63) is 102 Å². The molecule has 1 fully saturated rings. The van der Waals surface area contributed by atoms with Gasteiger partial charge in [-0.25, -0.2) is 18.8 Å². The van der Waals surface area contributed by atoms with Crippen LogP contribution in [0, 0.1) is 3.57 Å². The molecule has 34 heavy (non-hydrogen) atoms. The number of aromatic amines is 1. The number of ether oxygens (including phenoxy) is 3. The van der Waals surface area contributed by atoms with E-state index in [-0.39, 0.29) is 14.7 Å². The number of benzene rings is 2. The summed E-state index contributed by atoms with van der Waals surface area (Å²) in [5.74, 6) is -1.48. The average molecular weight is 580 g/mol. The second-order valence-electron chi connectivity index (χ2n) is 7.35. The van der Waals surface area contributed by atoms with E-state index >= 15 is 4.39 Å². The minimum Gasteiger partial charge on any atom is -0.459 e. The van der Waals surface area contributed by atoms with E-state index in [0.29, 0.717) is 0 Å². The normalized spacial score (nSPS) is 21.7. The minimum atomic E-state index is -1.99. The van der Waals surface area contributed by atoms with Crippen LogP contribution in [-0.4, -0.2) is 46.5 Å². The van der Waals surface area contributed by atoms with Gasteiger partial charge in [-0.05, 0) is 46.9 Å². The number of rotatable bonds is 6. The Balaban J connectivity index is 1.59. The highest BCUT2D eigenvalue weighted by Crippen LogP contribution is 2.34. The van der Waals surface area contributed by atoms with Crippen LogP contribution in [0.2, 0.25) is 0 Å². The first-order valence-corrected chi connectivity index (χ1v) is 11.2. The predicted octanol–water partition coefficient (Wildman–Crippen LogP) is 2.46. The molecule has 4 atom stereocenters. The van der Waals surface area contributed by atoms with E-state index in [1.54, 1.807) is 71.1 Å². The molecule has 0 radical (unpaired) electrons. The van der Waals surface area contributed by atoms with Crippen LogP contribution in [0.4, 0.5) is 4.39 Å². The van der Waals surface area contributed by atoms with E-state index in [9.17, 15) is 19.2 Å². The van der Waals surface area contributed by atoms with E-state index in [1.807, 2.05) is 0 Å². The van der Waals surface area contributed by atoms with Crippen LogP contribution in [0.5, 0.6) is 0 Å². The Kier molecular flexibility index (Phi) is 7.22. The number of alkyl halides is 1. The summed E-state index contributed by atoms with van der Waals surface area (Å²) >= 11 is 1.69. The van der Waals surface area contributed by atoms with Gasteiger partial charge in [-0.1, -0.05) is 36.4 Å². The zero-order valence-electron chi connectivity index (χ0n) is 17.4. The summed E-state index contributed by atoms with van der Waals surface area (Å²) in [6.45, 7) is -0.438. The number of halogens is 2. The van der Waals surface area contributed by atoms with Gasteiger partial charge in [0, 0.05) is 6.20 Å². The molecular formula is C23H18FIN2O7. The van der Waals surface area contributed by atoms with Gasteiger partial charge in [0.2, 0.25) is 0 Å². The SMILES string of the molecule is O=C(OC[C@H]1O[C@H](n2cc(I)c(=O)[nH]c2=O)[C@@H](F)[C@@H]1OC(=O)c1ccccc1)c1ccccc1. The van der Waals surface area contributed by atoms with Crippen molar-refractivity contribution in [3.63, 3.8) is 0 Å². The first kappa shape index (κ1) is 23.8. The van der Waals surface area contributed by atoms with Crippen LogP contribution in [0.1, 0.15) is 26.9 Å². The van der Waals surface area contributed by atoms with Gasteiger partial charge in [0.05, 0.1) is 14.7 Å². The lowest BCUT2D eigenvalue weighted by atomic mass is 10.1. The molecule has 1 aliphatic rings. The summed E-state index contributed by atoms with van der Waals surface area (Å²) in [4.78, 5) is 51.0. The van der Waals surface area contributed by atoms with Crippen molar-refractivity contribution in [2.75, 3.05) is 6.61 Å².